The van der Waals surface area contributed by atoms with Crippen LogP contribution in [-0.4, -0.2) is 47.7 Å². The highest BCUT2D eigenvalue weighted by Gasteiger charge is 2.29. The number of anilines is 1. The van der Waals surface area contributed by atoms with Crippen molar-refractivity contribution in [1.29, 1.82) is 0 Å². The molecule has 0 saturated heterocycles. The van der Waals surface area contributed by atoms with Crippen LogP contribution >= 0.6 is 34.4 Å². The fourth-order valence-electron chi connectivity index (χ4n) is 4.00. The average Bonchev–Trinajstić information content (AvgIpc) is 3.17. The predicted molar refractivity (Wildman–Crippen MR) is 145 cm³/mol. The van der Waals surface area contributed by atoms with Crippen LogP contribution in [0.1, 0.15) is 27.4 Å². The summed E-state index contributed by atoms with van der Waals surface area (Å²) in [5.41, 5.74) is 5.63. The van der Waals surface area contributed by atoms with Gasteiger partial charge in [0.1, 0.15) is 6.61 Å². The quantitative estimate of drug-likeness (QED) is 0.230. The van der Waals surface area contributed by atoms with Crippen LogP contribution in [0.5, 0.6) is 0 Å². The lowest BCUT2D eigenvalue weighted by atomic mass is 9.98. The first-order valence-corrected chi connectivity index (χ1v) is 13.2. The van der Waals surface area contributed by atoms with E-state index in [1.54, 1.807) is 18.2 Å². The van der Waals surface area contributed by atoms with Gasteiger partial charge in [0.25, 0.3) is 5.91 Å². The monoisotopic (exact) mass is 602 g/mol. The second-order valence-electron chi connectivity index (χ2n) is 7.85. The number of amides is 2. The Bertz CT molecular complexity index is 1220. The van der Waals surface area contributed by atoms with Gasteiger partial charge >= 0.3 is 12.1 Å². The van der Waals surface area contributed by atoms with Gasteiger partial charge in [-0.3, -0.25) is 14.9 Å². The molecular weight excluding hydrogens is 579 g/mol. The number of carbonyl (C=O) groups excluding carboxylic acids is 2. The topological polar surface area (TPSA) is 105 Å². The number of carbonyl (C=O) groups is 3. The first-order valence-electron chi connectivity index (χ1n) is 10.9. The van der Waals surface area contributed by atoms with E-state index in [0.29, 0.717) is 27.1 Å². The summed E-state index contributed by atoms with van der Waals surface area (Å²) in [7, 11) is 0. The zero-order valence-electron chi connectivity index (χ0n) is 18.6. The zero-order chi connectivity index (χ0) is 24.8. The maximum atomic E-state index is 12.6. The molecule has 0 bridgehead atoms. The molecule has 180 valence electrons. The van der Waals surface area contributed by atoms with E-state index in [9.17, 15) is 14.4 Å². The Labute approximate surface area is 220 Å². The summed E-state index contributed by atoms with van der Waals surface area (Å²) < 4.78 is 6.29. The number of fused-ring (bicyclic) bond motifs is 3. The maximum absolute atomic E-state index is 12.6. The molecule has 0 fully saturated rings. The van der Waals surface area contributed by atoms with Gasteiger partial charge in [-0.15, -0.1) is 11.8 Å². The van der Waals surface area contributed by atoms with E-state index in [0.717, 1.165) is 11.1 Å². The second kappa shape index (κ2) is 11.6. The fourth-order valence-corrected chi connectivity index (χ4v) is 5.22. The first-order chi connectivity index (χ1) is 16.9. The van der Waals surface area contributed by atoms with Gasteiger partial charge in [0, 0.05) is 27.3 Å². The number of aliphatic carboxylic acids is 1. The van der Waals surface area contributed by atoms with E-state index in [1.165, 1.54) is 22.9 Å². The van der Waals surface area contributed by atoms with Crippen LogP contribution in [0.15, 0.2) is 66.7 Å². The van der Waals surface area contributed by atoms with Gasteiger partial charge in [-0.1, -0.05) is 48.5 Å². The summed E-state index contributed by atoms with van der Waals surface area (Å²) in [6.07, 6.45) is -0.558. The molecule has 7 nitrogen and oxygen atoms in total. The zero-order valence-corrected chi connectivity index (χ0v) is 21.6. The molecule has 1 aliphatic rings. The predicted octanol–water partition coefficient (Wildman–Crippen LogP) is 5.20. The number of carboxylic acid groups (broad SMARTS) is 1. The lowest BCUT2D eigenvalue weighted by Crippen LogP contribution is -2.26. The van der Waals surface area contributed by atoms with Crippen LogP contribution < -0.4 is 10.6 Å². The largest absolute Gasteiger partial charge is 0.481 e. The van der Waals surface area contributed by atoms with E-state index in [4.69, 9.17) is 9.84 Å². The number of ether oxygens (including phenoxy) is 1. The molecule has 0 atom stereocenters. The third-order valence-corrected chi connectivity index (χ3v) is 7.41. The van der Waals surface area contributed by atoms with Crippen LogP contribution in [0.4, 0.5) is 10.5 Å². The van der Waals surface area contributed by atoms with Gasteiger partial charge in [0.2, 0.25) is 0 Å². The molecule has 9 heteroatoms. The molecule has 3 aromatic rings. The highest BCUT2D eigenvalue weighted by atomic mass is 127. The molecule has 0 aliphatic heterocycles. The van der Waals surface area contributed by atoms with Gasteiger partial charge in [-0.05, 0) is 63.0 Å². The van der Waals surface area contributed by atoms with Crippen LogP contribution in [0.25, 0.3) is 11.1 Å². The number of halogens is 1. The third kappa shape index (κ3) is 6.15. The number of hydrogen-bond acceptors (Lipinski definition) is 5. The van der Waals surface area contributed by atoms with Gasteiger partial charge < -0.3 is 15.2 Å². The molecule has 0 heterocycles. The van der Waals surface area contributed by atoms with Crippen LogP contribution in [-0.2, 0) is 9.53 Å². The fraction of sp³-hybridized carbons (Fsp3) is 0.192. The SMILES string of the molecule is O=C(O)CSCCNC(=O)c1ccc(NC(=O)OCC2c3ccccc3-c3ccccc32)c(I)c1. The maximum Gasteiger partial charge on any atom is 0.411 e. The Morgan fingerprint density at radius 2 is 1.63 bits per heavy atom. The van der Waals surface area contributed by atoms with E-state index >= 15 is 0 Å². The Morgan fingerprint density at radius 1 is 0.971 bits per heavy atom. The molecule has 3 N–H and O–H groups in total. The van der Waals surface area contributed by atoms with E-state index in [-0.39, 0.29) is 24.2 Å². The normalized spacial score (nSPS) is 11.9. The number of nitrogens with one attached hydrogen (secondary N) is 2. The lowest BCUT2D eigenvalue weighted by Gasteiger charge is -2.15. The molecule has 2 amide bonds. The minimum absolute atomic E-state index is 0.00397. The van der Waals surface area contributed by atoms with Gasteiger partial charge in [0.05, 0.1) is 11.4 Å². The van der Waals surface area contributed by atoms with Crippen molar-refractivity contribution in [2.24, 2.45) is 0 Å². The molecule has 0 saturated carbocycles. The highest BCUT2D eigenvalue weighted by molar-refractivity contribution is 14.1. The Balaban J connectivity index is 1.32. The molecule has 0 aromatic heterocycles. The number of thioether (sulfide) groups is 1. The molecular formula is C26H23IN2O5S. The molecule has 3 aromatic carbocycles. The minimum atomic E-state index is -0.879. The van der Waals surface area contributed by atoms with Crippen molar-refractivity contribution >= 4 is 58.0 Å². The van der Waals surface area contributed by atoms with Gasteiger partial charge in [-0.25, -0.2) is 4.79 Å². The number of rotatable bonds is 9. The third-order valence-electron chi connectivity index (χ3n) is 5.57. The van der Waals surface area contributed by atoms with Crippen molar-refractivity contribution in [3.05, 3.63) is 87.0 Å². The summed E-state index contributed by atoms with van der Waals surface area (Å²) in [6.45, 7) is 0.587. The minimum Gasteiger partial charge on any atom is -0.481 e. The van der Waals surface area contributed by atoms with Crippen LogP contribution in [0.2, 0.25) is 0 Å². The Morgan fingerprint density at radius 3 is 2.26 bits per heavy atom. The summed E-state index contributed by atoms with van der Waals surface area (Å²) in [4.78, 5) is 35.4. The summed E-state index contributed by atoms with van der Waals surface area (Å²) in [5.74, 6) is -0.644. The molecule has 4 rings (SSSR count). The smallest absolute Gasteiger partial charge is 0.411 e. The average molecular weight is 602 g/mol. The molecule has 0 unspecified atom stereocenters. The first kappa shape index (κ1) is 25.1. The highest BCUT2D eigenvalue weighted by Crippen LogP contribution is 2.44. The van der Waals surface area contributed by atoms with Gasteiger partial charge in [0.15, 0.2) is 0 Å². The Hall–Kier alpha value is -3.05. The van der Waals surface area contributed by atoms with E-state index < -0.39 is 12.1 Å². The van der Waals surface area contributed by atoms with Crippen molar-refractivity contribution in [2.45, 2.75) is 5.92 Å². The number of carboxylic acids is 1. The summed E-state index contributed by atoms with van der Waals surface area (Å²) in [5, 5.41) is 14.2. The Kier molecular flexibility index (Phi) is 8.29. The molecule has 0 spiro atoms. The van der Waals surface area contributed by atoms with Crippen LogP contribution in [0.3, 0.4) is 0 Å². The molecule has 35 heavy (non-hydrogen) atoms. The molecule has 1 aliphatic carbocycles. The van der Waals surface area contributed by atoms with Crippen molar-refractivity contribution in [3.63, 3.8) is 0 Å². The van der Waals surface area contributed by atoms with Crippen molar-refractivity contribution in [3.8, 4) is 11.1 Å². The van der Waals surface area contributed by atoms with Crippen molar-refractivity contribution in [2.75, 3.05) is 30.0 Å². The second-order valence-corrected chi connectivity index (χ2v) is 10.1. The van der Waals surface area contributed by atoms with E-state index in [2.05, 4.69) is 57.5 Å². The number of benzene rings is 3. The van der Waals surface area contributed by atoms with Gasteiger partial charge in [-0.2, -0.15) is 0 Å². The van der Waals surface area contributed by atoms with Crippen LogP contribution in [0, 0.1) is 3.57 Å². The van der Waals surface area contributed by atoms with E-state index in [1.807, 2.05) is 24.3 Å². The summed E-state index contributed by atoms with van der Waals surface area (Å²) in [6, 6.07) is 21.3. The summed E-state index contributed by atoms with van der Waals surface area (Å²) >= 11 is 3.30. The van der Waals surface area contributed by atoms with Crippen molar-refractivity contribution in [1.82, 2.24) is 5.32 Å². The standard InChI is InChI=1S/C26H23IN2O5S/c27-22-13-16(25(32)28-11-12-35-15-24(30)31)9-10-23(22)29-26(33)34-14-21-19-7-3-1-5-17(19)18-6-2-4-8-20(18)21/h1-10,13,21H,11-12,14-15H2,(H,28,32)(H,29,33)(H,30,31). The lowest BCUT2D eigenvalue weighted by molar-refractivity contribution is -0.133. The van der Waals surface area contributed by atoms with Crippen molar-refractivity contribution < 1.29 is 24.2 Å². The molecule has 0 radical (unpaired) electrons. The number of hydrogen-bond donors (Lipinski definition) is 3.